The number of primary sulfonamides is 1. The van der Waals surface area contributed by atoms with Gasteiger partial charge < -0.3 is 15.8 Å². The molecule has 0 fully saturated rings. The van der Waals surface area contributed by atoms with E-state index in [0.717, 1.165) is 0 Å². The Kier molecular flexibility index (Phi) is 5.38. The molecule has 0 aliphatic rings. The molecule has 0 bridgehead atoms. The normalized spacial score (nSPS) is 13.5. The maximum absolute atomic E-state index is 11.6. The van der Waals surface area contributed by atoms with E-state index in [4.69, 9.17) is 15.6 Å². The van der Waals surface area contributed by atoms with Crippen LogP contribution in [0.15, 0.2) is 17.0 Å². The Balaban J connectivity index is 3.22. The summed E-state index contributed by atoms with van der Waals surface area (Å²) in [6.45, 7) is 6.32. The Morgan fingerprint density at radius 3 is 2.40 bits per heavy atom. The third kappa shape index (κ3) is 4.09. The van der Waals surface area contributed by atoms with Crippen LogP contribution in [0, 0.1) is 12.8 Å². The fraction of sp³-hybridized carbons (Fsp3) is 0.538. The topological polar surface area (TPSA) is 107 Å². The van der Waals surface area contributed by atoms with Gasteiger partial charge in [0, 0.05) is 18.5 Å². The van der Waals surface area contributed by atoms with Crippen molar-refractivity contribution in [1.29, 1.82) is 0 Å². The van der Waals surface area contributed by atoms with Crippen LogP contribution in [0.4, 0.5) is 11.4 Å². The molecule has 0 saturated carbocycles. The van der Waals surface area contributed by atoms with E-state index >= 15 is 0 Å². The highest BCUT2D eigenvalue weighted by Gasteiger charge is 2.19. The van der Waals surface area contributed by atoms with Crippen molar-refractivity contribution in [3.63, 3.8) is 0 Å². The lowest BCUT2D eigenvalue weighted by Gasteiger charge is -2.24. The summed E-state index contributed by atoms with van der Waals surface area (Å²) in [4.78, 5) is 0.0416. The summed E-state index contributed by atoms with van der Waals surface area (Å²) >= 11 is 0. The monoisotopic (exact) mass is 301 g/mol. The number of methoxy groups -OCH3 is 1. The standard InChI is InChI=1S/C13H23N3O3S/c1-8(2)12(7-19-4)16-11-5-10(14)6-13(9(11)3)20(15,17)18/h5-6,8,12,16H,7,14H2,1-4H3,(H2,15,17,18). The van der Waals surface area contributed by atoms with Gasteiger partial charge in [-0.15, -0.1) is 0 Å². The second-order valence-corrected chi connectivity index (χ2v) is 6.72. The van der Waals surface area contributed by atoms with Gasteiger partial charge in [-0.25, -0.2) is 13.6 Å². The first-order valence-corrected chi connectivity index (χ1v) is 7.89. The first kappa shape index (κ1) is 16.7. The van der Waals surface area contributed by atoms with Gasteiger partial charge in [0.2, 0.25) is 10.0 Å². The van der Waals surface area contributed by atoms with Crippen molar-refractivity contribution in [3.8, 4) is 0 Å². The molecular formula is C13H23N3O3S. The average molecular weight is 301 g/mol. The Bertz CT molecular complexity index is 570. The minimum Gasteiger partial charge on any atom is -0.399 e. The van der Waals surface area contributed by atoms with Crippen LogP contribution in [0.25, 0.3) is 0 Å². The van der Waals surface area contributed by atoms with E-state index in [-0.39, 0.29) is 10.9 Å². The minimum atomic E-state index is -3.80. The summed E-state index contributed by atoms with van der Waals surface area (Å²) < 4.78 is 28.3. The molecule has 1 unspecified atom stereocenters. The van der Waals surface area contributed by atoms with Crippen molar-refractivity contribution in [3.05, 3.63) is 17.7 Å². The molecule has 1 rings (SSSR count). The molecule has 114 valence electrons. The van der Waals surface area contributed by atoms with Crippen LogP contribution in [0.2, 0.25) is 0 Å². The number of nitrogens with one attached hydrogen (secondary N) is 1. The van der Waals surface area contributed by atoms with Gasteiger partial charge in [0.05, 0.1) is 17.5 Å². The summed E-state index contributed by atoms with van der Waals surface area (Å²) in [5.41, 5.74) is 7.32. The molecule has 0 heterocycles. The summed E-state index contributed by atoms with van der Waals surface area (Å²) in [5, 5.41) is 8.48. The SMILES string of the molecule is COCC(Nc1cc(N)cc(S(N)(=O)=O)c1C)C(C)C. The van der Waals surface area contributed by atoms with Gasteiger partial charge in [0.25, 0.3) is 0 Å². The predicted molar refractivity (Wildman–Crippen MR) is 81.1 cm³/mol. The molecule has 5 N–H and O–H groups in total. The second-order valence-electron chi connectivity index (χ2n) is 5.19. The van der Waals surface area contributed by atoms with Crippen LogP contribution in [-0.2, 0) is 14.8 Å². The number of nitrogens with two attached hydrogens (primary N) is 2. The number of ether oxygens (including phenoxy) is 1. The molecule has 20 heavy (non-hydrogen) atoms. The maximum atomic E-state index is 11.6. The first-order valence-electron chi connectivity index (χ1n) is 6.35. The zero-order valence-corrected chi connectivity index (χ0v) is 13.1. The predicted octanol–water partition coefficient (Wildman–Crippen LogP) is 1.31. The van der Waals surface area contributed by atoms with E-state index in [2.05, 4.69) is 19.2 Å². The number of nitrogen functional groups attached to an aromatic ring is 1. The Morgan fingerprint density at radius 1 is 1.35 bits per heavy atom. The molecule has 0 spiro atoms. The van der Waals surface area contributed by atoms with Crippen molar-refractivity contribution in [1.82, 2.24) is 0 Å². The Hall–Kier alpha value is -1.31. The van der Waals surface area contributed by atoms with Crippen LogP contribution >= 0.6 is 0 Å². The first-order chi connectivity index (χ1) is 9.16. The van der Waals surface area contributed by atoms with Crippen molar-refractivity contribution >= 4 is 21.4 Å². The van der Waals surface area contributed by atoms with E-state index in [0.29, 0.717) is 29.5 Å². The smallest absolute Gasteiger partial charge is 0.238 e. The highest BCUT2D eigenvalue weighted by atomic mass is 32.2. The van der Waals surface area contributed by atoms with Gasteiger partial charge in [0.1, 0.15) is 0 Å². The summed E-state index contributed by atoms with van der Waals surface area (Å²) in [6, 6.07) is 3.12. The quantitative estimate of drug-likeness (QED) is 0.687. The van der Waals surface area contributed by atoms with Crippen LogP contribution in [0.1, 0.15) is 19.4 Å². The lowest BCUT2D eigenvalue weighted by molar-refractivity contribution is 0.171. The molecule has 0 saturated heterocycles. The third-order valence-electron chi connectivity index (χ3n) is 3.18. The highest BCUT2D eigenvalue weighted by molar-refractivity contribution is 7.89. The molecule has 0 radical (unpaired) electrons. The van der Waals surface area contributed by atoms with Gasteiger partial charge >= 0.3 is 0 Å². The molecule has 0 aliphatic carbocycles. The second kappa shape index (κ2) is 6.43. The lowest BCUT2D eigenvalue weighted by Crippen LogP contribution is -2.31. The molecule has 0 aromatic heterocycles. The number of hydrogen-bond acceptors (Lipinski definition) is 5. The summed E-state index contributed by atoms with van der Waals surface area (Å²) in [6.07, 6.45) is 0. The number of sulfonamides is 1. The Morgan fingerprint density at radius 2 is 1.95 bits per heavy atom. The van der Waals surface area contributed by atoms with Gasteiger partial charge in [-0.1, -0.05) is 13.8 Å². The molecule has 6 nitrogen and oxygen atoms in total. The zero-order valence-electron chi connectivity index (χ0n) is 12.3. The molecule has 0 amide bonds. The van der Waals surface area contributed by atoms with Crippen LogP contribution in [0.5, 0.6) is 0 Å². The van der Waals surface area contributed by atoms with Gasteiger partial charge in [-0.05, 0) is 30.5 Å². The molecule has 1 aromatic carbocycles. The van der Waals surface area contributed by atoms with Crippen LogP contribution in [-0.4, -0.2) is 28.2 Å². The van der Waals surface area contributed by atoms with E-state index in [1.54, 1.807) is 20.1 Å². The van der Waals surface area contributed by atoms with Gasteiger partial charge in [0.15, 0.2) is 0 Å². The van der Waals surface area contributed by atoms with Crippen LogP contribution in [0.3, 0.4) is 0 Å². The zero-order chi connectivity index (χ0) is 15.5. The number of hydrogen-bond donors (Lipinski definition) is 3. The average Bonchev–Trinajstić information content (AvgIpc) is 2.31. The van der Waals surface area contributed by atoms with Gasteiger partial charge in [-0.2, -0.15) is 0 Å². The largest absolute Gasteiger partial charge is 0.399 e. The van der Waals surface area contributed by atoms with Crippen molar-refractivity contribution < 1.29 is 13.2 Å². The fourth-order valence-corrected chi connectivity index (χ4v) is 2.77. The Labute approximate surface area is 120 Å². The van der Waals surface area contributed by atoms with Crippen molar-refractivity contribution in [2.45, 2.75) is 31.7 Å². The van der Waals surface area contributed by atoms with Crippen molar-refractivity contribution in [2.75, 3.05) is 24.8 Å². The molecular weight excluding hydrogens is 278 g/mol. The van der Waals surface area contributed by atoms with E-state index < -0.39 is 10.0 Å². The molecule has 7 heteroatoms. The maximum Gasteiger partial charge on any atom is 0.238 e. The number of rotatable bonds is 6. The fourth-order valence-electron chi connectivity index (χ4n) is 1.93. The summed E-state index contributed by atoms with van der Waals surface area (Å²) in [5.74, 6) is 0.314. The van der Waals surface area contributed by atoms with E-state index in [9.17, 15) is 8.42 Å². The van der Waals surface area contributed by atoms with Crippen molar-refractivity contribution in [2.24, 2.45) is 11.1 Å². The van der Waals surface area contributed by atoms with E-state index in [1.807, 2.05) is 0 Å². The minimum absolute atomic E-state index is 0.0416. The van der Waals surface area contributed by atoms with Crippen LogP contribution < -0.4 is 16.2 Å². The number of anilines is 2. The molecule has 0 aliphatic heterocycles. The molecule has 1 aromatic rings. The third-order valence-corrected chi connectivity index (χ3v) is 4.22. The summed E-state index contributed by atoms with van der Waals surface area (Å²) in [7, 11) is -2.17. The van der Waals surface area contributed by atoms with Gasteiger partial charge in [-0.3, -0.25) is 0 Å². The van der Waals surface area contributed by atoms with E-state index in [1.165, 1.54) is 6.07 Å². The highest BCUT2D eigenvalue weighted by Crippen LogP contribution is 2.27. The molecule has 1 atom stereocenters. The lowest BCUT2D eigenvalue weighted by atomic mass is 10.0. The number of benzene rings is 1.